The molecule has 1 aliphatic carbocycles. The Kier molecular flexibility index (Phi) is 4.97. The van der Waals surface area contributed by atoms with Gasteiger partial charge >= 0.3 is 0 Å². The Balaban J connectivity index is 1.40. The molecule has 1 fully saturated rings. The highest BCUT2D eigenvalue weighted by molar-refractivity contribution is 6.21. The fourth-order valence-electron chi connectivity index (χ4n) is 7.74. The first kappa shape index (κ1) is 22.6. The number of para-hydroxylation sites is 1. The van der Waals surface area contributed by atoms with Crippen molar-refractivity contribution in [3.63, 3.8) is 0 Å². The van der Waals surface area contributed by atoms with E-state index in [-0.39, 0.29) is 5.54 Å². The Morgan fingerprint density at radius 2 is 1.13 bits per heavy atom. The summed E-state index contributed by atoms with van der Waals surface area (Å²) in [6, 6.07) is 47.1. The number of nitrogens with zero attached hydrogens (tertiary/aromatic N) is 1. The summed E-state index contributed by atoms with van der Waals surface area (Å²) in [5.41, 5.74) is 9.59. The quantitative estimate of drug-likeness (QED) is 0.218. The van der Waals surface area contributed by atoms with Crippen LogP contribution < -0.4 is 4.90 Å². The van der Waals surface area contributed by atoms with Crippen molar-refractivity contribution in [2.45, 2.75) is 37.6 Å². The van der Waals surface area contributed by atoms with Gasteiger partial charge in [0.1, 0.15) is 0 Å². The lowest BCUT2D eigenvalue weighted by Gasteiger charge is -2.37. The number of benzene rings is 6. The molecule has 1 aliphatic heterocycles. The Morgan fingerprint density at radius 3 is 1.74 bits per heavy atom. The van der Waals surface area contributed by atoms with E-state index < -0.39 is 0 Å². The van der Waals surface area contributed by atoms with Gasteiger partial charge in [0.25, 0.3) is 0 Å². The molecule has 1 saturated carbocycles. The standard InChI is InChI=1S/C38H31N/c1-38-24-12-21-34(38)33-25-27(22-23-35(33)39(38)28-15-6-3-7-16-28)37-31-19-10-8-17-29(31)36(26-13-4-2-5-14-26)30-18-9-11-20-32(30)37/h2-11,13-20,22-23,25,34H,12,21,24H2,1H3. The fourth-order valence-corrected chi connectivity index (χ4v) is 7.74. The maximum atomic E-state index is 2.64. The number of hydrogen-bond acceptors (Lipinski definition) is 1. The minimum atomic E-state index is 0.129. The van der Waals surface area contributed by atoms with Crippen molar-refractivity contribution in [3.05, 3.63) is 133 Å². The van der Waals surface area contributed by atoms with Crippen LogP contribution in [0.25, 0.3) is 43.8 Å². The molecular formula is C38H31N. The summed E-state index contributed by atoms with van der Waals surface area (Å²) in [4.78, 5) is 2.64. The Labute approximate surface area is 230 Å². The molecular weight excluding hydrogens is 470 g/mol. The lowest BCUT2D eigenvalue weighted by atomic mass is 9.83. The fraction of sp³-hybridized carbons (Fsp3) is 0.158. The maximum absolute atomic E-state index is 2.64. The molecule has 0 bridgehead atoms. The van der Waals surface area contributed by atoms with Crippen LogP contribution in [0.2, 0.25) is 0 Å². The third-order valence-corrected chi connectivity index (χ3v) is 9.38. The van der Waals surface area contributed by atoms with E-state index in [0.717, 1.165) is 0 Å². The van der Waals surface area contributed by atoms with Gasteiger partial charge in [-0.15, -0.1) is 0 Å². The summed E-state index contributed by atoms with van der Waals surface area (Å²) in [7, 11) is 0. The van der Waals surface area contributed by atoms with Crippen LogP contribution >= 0.6 is 0 Å². The van der Waals surface area contributed by atoms with Gasteiger partial charge in [0.15, 0.2) is 0 Å². The van der Waals surface area contributed by atoms with Gasteiger partial charge in [0.2, 0.25) is 0 Å². The minimum absolute atomic E-state index is 0.129. The third kappa shape index (κ3) is 3.26. The summed E-state index contributed by atoms with van der Waals surface area (Å²) >= 11 is 0. The predicted molar refractivity (Wildman–Crippen MR) is 166 cm³/mol. The van der Waals surface area contributed by atoms with Gasteiger partial charge in [-0.3, -0.25) is 0 Å². The molecule has 0 N–H and O–H groups in total. The maximum Gasteiger partial charge on any atom is 0.0492 e. The molecule has 0 spiro atoms. The number of fused-ring (bicyclic) bond motifs is 5. The molecule has 39 heavy (non-hydrogen) atoms. The van der Waals surface area contributed by atoms with E-state index in [1.807, 2.05) is 0 Å². The van der Waals surface area contributed by atoms with Crippen LogP contribution in [0.1, 0.15) is 37.7 Å². The van der Waals surface area contributed by atoms with Crippen molar-refractivity contribution in [2.24, 2.45) is 0 Å². The number of rotatable bonds is 3. The van der Waals surface area contributed by atoms with Gasteiger partial charge in [0.05, 0.1) is 0 Å². The first-order valence-corrected chi connectivity index (χ1v) is 14.2. The van der Waals surface area contributed by atoms with Gasteiger partial charge in [-0.2, -0.15) is 0 Å². The normalized spacial score (nSPS) is 19.9. The van der Waals surface area contributed by atoms with E-state index in [1.165, 1.54) is 80.0 Å². The lowest BCUT2D eigenvalue weighted by molar-refractivity contribution is 0.451. The Morgan fingerprint density at radius 1 is 0.590 bits per heavy atom. The molecule has 1 nitrogen and oxygen atoms in total. The van der Waals surface area contributed by atoms with Crippen LogP contribution in [0.15, 0.2) is 127 Å². The first-order valence-electron chi connectivity index (χ1n) is 14.2. The average molecular weight is 502 g/mol. The molecule has 6 aromatic carbocycles. The van der Waals surface area contributed by atoms with Crippen molar-refractivity contribution < 1.29 is 0 Å². The largest absolute Gasteiger partial charge is 0.335 e. The van der Waals surface area contributed by atoms with E-state index >= 15 is 0 Å². The van der Waals surface area contributed by atoms with Crippen molar-refractivity contribution in [2.75, 3.05) is 4.90 Å². The van der Waals surface area contributed by atoms with E-state index in [0.29, 0.717) is 5.92 Å². The molecule has 0 aromatic heterocycles. The zero-order chi connectivity index (χ0) is 26.0. The van der Waals surface area contributed by atoms with Crippen molar-refractivity contribution in [3.8, 4) is 22.3 Å². The van der Waals surface area contributed by atoms with E-state index in [4.69, 9.17) is 0 Å². The minimum Gasteiger partial charge on any atom is -0.335 e. The highest BCUT2D eigenvalue weighted by Gasteiger charge is 2.51. The van der Waals surface area contributed by atoms with E-state index in [1.54, 1.807) is 0 Å². The molecule has 2 aliphatic rings. The summed E-state index contributed by atoms with van der Waals surface area (Å²) < 4.78 is 0. The van der Waals surface area contributed by atoms with Gasteiger partial charge in [0, 0.05) is 22.8 Å². The van der Waals surface area contributed by atoms with Gasteiger partial charge < -0.3 is 4.90 Å². The van der Waals surface area contributed by atoms with Gasteiger partial charge in [-0.25, -0.2) is 0 Å². The highest BCUT2D eigenvalue weighted by atomic mass is 15.2. The second-order valence-corrected chi connectivity index (χ2v) is 11.5. The van der Waals surface area contributed by atoms with Crippen LogP contribution in [0, 0.1) is 0 Å². The van der Waals surface area contributed by atoms with Gasteiger partial charge in [-0.05, 0) is 93.4 Å². The van der Waals surface area contributed by atoms with E-state index in [2.05, 4.69) is 139 Å². The van der Waals surface area contributed by atoms with Crippen molar-refractivity contribution in [1.29, 1.82) is 0 Å². The Bertz CT molecular complexity index is 1800. The van der Waals surface area contributed by atoms with Crippen molar-refractivity contribution >= 4 is 32.9 Å². The molecule has 188 valence electrons. The smallest absolute Gasteiger partial charge is 0.0492 e. The zero-order valence-corrected chi connectivity index (χ0v) is 22.3. The molecule has 2 unspecified atom stereocenters. The molecule has 6 aromatic rings. The third-order valence-electron chi connectivity index (χ3n) is 9.38. The number of anilines is 2. The first-order chi connectivity index (χ1) is 19.2. The van der Waals surface area contributed by atoms with Crippen LogP contribution in [0.4, 0.5) is 11.4 Å². The molecule has 8 rings (SSSR count). The SMILES string of the molecule is CC12CCCC1c1cc(-c3c4ccccc4c(-c4ccccc4)c4ccccc34)ccc1N2c1ccccc1. The topological polar surface area (TPSA) is 3.24 Å². The predicted octanol–water partition coefficient (Wildman–Crippen LogP) is 10.5. The second-order valence-electron chi connectivity index (χ2n) is 11.5. The summed E-state index contributed by atoms with van der Waals surface area (Å²) in [5.74, 6) is 0.550. The summed E-state index contributed by atoms with van der Waals surface area (Å²) in [6.07, 6.45) is 3.77. The summed E-state index contributed by atoms with van der Waals surface area (Å²) in [5, 5.41) is 5.27. The lowest BCUT2D eigenvalue weighted by Crippen LogP contribution is -2.40. The molecule has 0 saturated heterocycles. The van der Waals surface area contributed by atoms with Crippen LogP contribution in [0.5, 0.6) is 0 Å². The zero-order valence-electron chi connectivity index (χ0n) is 22.3. The highest BCUT2D eigenvalue weighted by Crippen LogP contribution is 2.59. The molecule has 2 atom stereocenters. The average Bonchev–Trinajstić information content (AvgIpc) is 3.49. The van der Waals surface area contributed by atoms with Crippen LogP contribution in [-0.4, -0.2) is 5.54 Å². The monoisotopic (exact) mass is 501 g/mol. The molecule has 1 heteroatoms. The van der Waals surface area contributed by atoms with Crippen molar-refractivity contribution in [1.82, 2.24) is 0 Å². The molecule has 0 radical (unpaired) electrons. The molecule has 1 heterocycles. The van der Waals surface area contributed by atoms with Crippen LogP contribution in [-0.2, 0) is 0 Å². The second kappa shape index (κ2) is 8.58. The van der Waals surface area contributed by atoms with Crippen LogP contribution in [0.3, 0.4) is 0 Å². The number of hydrogen-bond donors (Lipinski definition) is 0. The van der Waals surface area contributed by atoms with E-state index in [9.17, 15) is 0 Å². The summed E-state index contributed by atoms with van der Waals surface area (Å²) in [6.45, 7) is 2.48. The molecule has 0 amide bonds. The Hall–Kier alpha value is -4.36. The van der Waals surface area contributed by atoms with Gasteiger partial charge in [-0.1, -0.05) is 110 Å².